The van der Waals surface area contributed by atoms with E-state index in [1.165, 1.54) is 11.1 Å². The van der Waals surface area contributed by atoms with E-state index in [2.05, 4.69) is 105 Å². The SMILES string of the molecule is Brc1ccc(C2C=CC(c3ccc(Br)cc3)C=C2)cc1. The lowest BCUT2D eigenvalue weighted by molar-refractivity contribution is 0.965. The average Bonchev–Trinajstić information content (AvgIpc) is 2.49. The topological polar surface area (TPSA) is 0 Å². The molecule has 1 aliphatic rings. The highest BCUT2D eigenvalue weighted by Gasteiger charge is 2.12. The molecule has 0 atom stereocenters. The van der Waals surface area contributed by atoms with Crippen LogP contribution in [-0.4, -0.2) is 0 Å². The summed E-state index contributed by atoms with van der Waals surface area (Å²) in [7, 11) is 0. The zero-order valence-electron chi connectivity index (χ0n) is 10.8. The fourth-order valence-corrected chi connectivity index (χ4v) is 2.95. The molecule has 0 unspecified atom stereocenters. The monoisotopic (exact) mass is 388 g/mol. The Kier molecular flexibility index (Phi) is 4.23. The van der Waals surface area contributed by atoms with E-state index in [0.29, 0.717) is 11.8 Å². The first kappa shape index (κ1) is 13.8. The van der Waals surface area contributed by atoms with Gasteiger partial charge in [0.1, 0.15) is 0 Å². The van der Waals surface area contributed by atoms with E-state index in [9.17, 15) is 0 Å². The summed E-state index contributed by atoms with van der Waals surface area (Å²) >= 11 is 6.95. The molecule has 2 heteroatoms. The summed E-state index contributed by atoms with van der Waals surface area (Å²) < 4.78 is 2.25. The Balaban J connectivity index is 1.77. The van der Waals surface area contributed by atoms with Crippen LogP contribution in [0.15, 0.2) is 81.8 Å². The molecule has 2 aromatic rings. The lowest BCUT2D eigenvalue weighted by Crippen LogP contribution is -2.00. The Labute approximate surface area is 136 Å². The van der Waals surface area contributed by atoms with Crippen LogP contribution < -0.4 is 0 Å². The third kappa shape index (κ3) is 3.13. The van der Waals surface area contributed by atoms with Crippen LogP contribution in [0.5, 0.6) is 0 Å². The van der Waals surface area contributed by atoms with Gasteiger partial charge in [-0.05, 0) is 35.4 Å². The molecule has 100 valence electrons. The second kappa shape index (κ2) is 6.11. The summed E-state index contributed by atoms with van der Waals surface area (Å²) in [5.74, 6) is 0.768. The zero-order chi connectivity index (χ0) is 13.9. The van der Waals surface area contributed by atoms with E-state index in [-0.39, 0.29) is 0 Å². The summed E-state index contributed by atoms with van der Waals surface area (Å²) in [5.41, 5.74) is 2.66. The van der Waals surface area contributed by atoms with Gasteiger partial charge in [-0.3, -0.25) is 0 Å². The van der Waals surface area contributed by atoms with Crippen LogP contribution in [0.1, 0.15) is 23.0 Å². The quantitative estimate of drug-likeness (QED) is 0.536. The van der Waals surface area contributed by atoms with Crippen LogP contribution in [0.4, 0.5) is 0 Å². The Morgan fingerprint density at radius 1 is 0.500 bits per heavy atom. The molecule has 0 amide bonds. The van der Waals surface area contributed by atoms with Gasteiger partial charge >= 0.3 is 0 Å². The highest BCUT2D eigenvalue weighted by Crippen LogP contribution is 2.30. The number of hydrogen-bond donors (Lipinski definition) is 0. The summed E-state index contributed by atoms with van der Waals surface area (Å²) in [6, 6.07) is 17.1. The molecule has 0 radical (unpaired) electrons. The van der Waals surface area contributed by atoms with Gasteiger partial charge in [0.2, 0.25) is 0 Å². The minimum Gasteiger partial charge on any atom is -0.0763 e. The van der Waals surface area contributed by atoms with E-state index in [4.69, 9.17) is 0 Å². The van der Waals surface area contributed by atoms with Crippen LogP contribution in [0.3, 0.4) is 0 Å². The number of benzene rings is 2. The van der Waals surface area contributed by atoms with Crippen molar-refractivity contribution >= 4 is 31.9 Å². The minimum atomic E-state index is 0.384. The molecule has 0 aliphatic heterocycles. The van der Waals surface area contributed by atoms with E-state index in [0.717, 1.165) is 8.95 Å². The molecular weight excluding hydrogens is 376 g/mol. The standard InChI is InChI=1S/C18H14Br2/c19-17-9-5-15(6-10-17)13-1-2-14(4-3-13)16-7-11-18(20)12-8-16/h1-14H. The van der Waals surface area contributed by atoms with Gasteiger partial charge in [-0.1, -0.05) is 80.4 Å². The van der Waals surface area contributed by atoms with E-state index in [1.54, 1.807) is 0 Å². The molecule has 3 rings (SSSR count). The maximum absolute atomic E-state index is 3.48. The Morgan fingerprint density at radius 3 is 1.10 bits per heavy atom. The zero-order valence-corrected chi connectivity index (χ0v) is 14.0. The van der Waals surface area contributed by atoms with Gasteiger partial charge in [-0.2, -0.15) is 0 Å². The van der Waals surface area contributed by atoms with Gasteiger partial charge in [0.25, 0.3) is 0 Å². The van der Waals surface area contributed by atoms with Crippen molar-refractivity contribution in [3.8, 4) is 0 Å². The van der Waals surface area contributed by atoms with Gasteiger partial charge in [-0.25, -0.2) is 0 Å². The molecule has 0 saturated carbocycles. The molecule has 0 heterocycles. The molecule has 0 saturated heterocycles. The predicted molar refractivity (Wildman–Crippen MR) is 92.0 cm³/mol. The summed E-state index contributed by atoms with van der Waals surface area (Å²) in [6.45, 7) is 0. The highest BCUT2D eigenvalue weighted by atomic mass is 79.9. The third-order valence-electron chi connectivity index (χ3n) is 3.56. The number of hydrogen-bond acceptors (Lipinski definition) is 0. The van der Waals surface area contributed by atoms with Crippen molar-refractivity contribution in [1.82, 2.24) is 0 Å². The predicted octanol–water partition coefficient (Wildman–Crippen LogP) is 6.21. The maximum Gasteiger partial charge on any atom is 0.0199 e. The van der Waals surface area contributed by atoms with Gasteiger partial charge in [0.05, 0.1) is 0 Å². The van der Waals surface area contributed by atoms with Crippen LogP contribution >= 0.6 is 31.9 Å². The molecular formula is C18H14Br2. The van der Waals surface area contributed by atoms with Crippen molar-refractivity contribution in [3.63, 3.8) is 0 Å². The first-order chi connectivity index (χ1) is 9.72. The maximum atomic E-state index is 3.48. The Morgan fingerprint density at radius 2 is 0.800 bits per heavy atom. The molecule has 1 aliphatic carbocycles. The van der Waals surface area contributed by atoms with Crippen LogP contribution in [-0.2, 0) is 0 Å². The molecule has 0 nitrogen and oxygen atoms in total. The van der Waals surface area contributed by atoms with Crippen molar-refractivity contribution in [1.29, 1.82) is 0 Å². The minimum absolute atomic E-state index is 0.384. The summed E-state index contributed by atoms with van der Waals surface area (Å²) in [4.78, 5) is 0. The second-order valence-electron chi connectivity index (χ2n) is 4.92. The Hall–Kier alpha value is -1.12. The molecule has 0 aromatic heterocycles. The van der Waals surface area contributed by atoms with Gasteiger partial charge in [0, 0.05) is 20.8 Å². The lowest BCUT2D eigenvalue weighted by Gasteiger charge is -2.17. The normalized spacial score (nSPS) is 21.1. The average molecular weight is 390 g/mol. The first-order valence-corrected chi connectivity index (χ1v) is 8.18. The van der Waals surface area contributed by atoms with Crippen LogP contribution in [0.25, 0.3) is 0 Å². The number of allylic oxidation sites excluding steroid dienone is 4. The van der Waals surface area contributed by atoms with Gasteiger partial charge in [0.15, 0.2) is 0 Å². The number of halogens is 2. The number of rotatable bonds is 2. The molecule has 0 fully saturated rings. The van der Waals surface area contributed by atoms with Crippen molar-refractivity contribution in [2.75, 3.05) is 0 Å². The summed E-state index contributed by atoms with van der Waals surface area (Å²) in [5, 5.41) is 0. The Bertz CT molecular complexity index is 565. The molecule has 0 N–H and O–H groups in total. The van der Waals surface area contributed by atoms with E-state index >= 15 is 0 Å². The van der Waals surface area contributed by atoms with Crippen molar-refractivity contribution in [3.05, 3.63) is 92.9 Å². The second-order valence-corrected chi connectivity index (χ2v) is 6.76. The van der Waals surface area contributed by atoms with Crippen LogP contribution in [0, 0.1) is 0 Å². The fraction of sp³-hybridized carbons (Fsp3) is 0.111. The molecule has 0 spiro atoms. The summed E-state index contributed by atoms with van der Waals surface area (Å²) in [6.07, 6.45) is 9.15. The molecule has 20 heavy (non-hydrogen) atoms. The van der Waals surface area contributed by atoms with Crippen LogP contribution in [0.2, 0.25) is 0 Å². The largest absolute Gasteiger partial charge is 0.0763 e. The van der Waals surface area contributed by atoms with E-state index < -0.39 is 0 Å². The van der Waals surface area contributed by atoms with E-state index in [1.807, 2.05) is 0 Å². The van der Waals surface area contributed by atoms with Crippen molar-refractivity contribution in [2.45, 2.75) is 11.8 Å². The smallest absolute Gasteiger partial charge is 0.0199 e. The first-order valence-electron chi connectivity index (χ1n) is 6.60. The van der Waals surface area contributed by atoms with Crippen molar-refractivity contribution < 1.29 is 0 Å². The lowest BCUT2D eigenvalue weighted by atomic mass is 9.87. The molecule has 0 bridgehead atoms. The van der Waals surface area contributed by atoms with Gasteiger partial charge in [-0.15, -0.1) is 0 Å². The van der Waals surface area contributed by atoms with Gasteiger partial charge < -0.3 is 0 Å². The fourth-order valence-electron chi connectivity index (χ4n) is 2.42. The third-order valence-corrected chi connectivity index (χ3v) is 4.62. The highest BCUT2D eigenvalue weighted by molar-refractivity contribution is 9.10. The molecule has 2 aromatic carbocycles. The van der Waals surface area contributed by atoms with Crippen molar-refractivity contribution in [2.24, 2.45) is 0 Å².